The summed E-state index contributed by atoms with van der Waals surface area (Å²) < 4.78 is 5.15. The summed E-state index contributed by atoms with van der Waals surface area (Å²) in [6.07, 6.45) is 4.28. The number of halogens is 1. The lowest BCUT2D eigenvalue weighted by atomic mass is 9.93. The average molecular weight is 282 g/mol. The Morgan fingerprint density at radius 1 is 1.37 bits per heavy atom. The molecule has 1 aliphatic rings. The molecule has 0 aromatic heterocycles. The van der Waals surface area contributed by atoms with Crippen LogP contribution >= 0.6 is 11.6 Å². The first-order valence-corrected chi connectivity index (χ1v) is 7.12. The monoisotopic (exact) mass is 281 g/mol. The number of methoxy groups -OCH3 is 1. The molecule has 2 unspecified atom stereocenters. The lowest BCUT2D eigenvalue weighted by molar-refractivity contribution is 0.0700. The van der Waals surface area contributed by atoms with E-state index in [9.17, 15) is 4.79 Å². The van der Waals surface area contributed by atoms with Crippen molar-refractivity contribution < 1.29 is 9.53 Å². The summed E-state index contributed by atoms with van der Waals surface area (Å²) in [6.45, 7) is 0. The number of alkyl halides is 1. The van der Waals surface area contributed by atoms with Crippen LogP contribution in [0.5, 0.6) is 5.75 Å². The van der Waals surface area contributed by atoms with Gasteiger partial charge >= 0.3 is 0 Å². The Bertz CT molecular complexity index is 450. The summed E-state index contributed by atoms with van der Waals surface area (Å²) in [5.74, 6) is 0.710. The van der Waals surface area contributed by atoms with Crippen LogP contribution in [0, 0.1) is 0 Å². The molecule has 1 aliphatic carbocycles. The highest BCUT2D eigenvalue weighted by Crippen LogP contribution is 2.27. The van der Waals surface area contributed by atoms with Gasteiger partial charge in [-0.05, 0) is 31.0 Å². The van der Waals surface area contributed by atoms with Crippen LogP contribution in [0.4, 0.5) is 0 Å². The van der Waals surface area contributed by atoms with E-state index in [1.165, 1.54) is 0 Å². The Morgan fingerprint density at radius 3 is 2.79 bits per heavy atom. The van der Waals surface area contributed by atoms with E-state index in [1.54, 1.807) is 18.1 Å². The Kier molecular flexibility index (Phi) is 4.70. The van der Waals surface area contributed by atoms with Gasteiger partial charge in [0.25, 0.3) is 5.91 Å². The van der Waals surface area contributed by atoms with Gasteiger partial charge < -0.3 is 9.64 Å². The van der Waals surface area contributed by atoms with Gasteiger partial charge in [0.05, 0.1) is 12.5 Å². The quantitative estimate of drug-likeness (QED) is 0.796. The van der Waals surface area contributed by atoms with Gasteiger partial charge in [0.15, 0.2) is 0 Å². The van der Waals surface area contributed by atoms with Gasteiger partial charge in [-0.3, -0.25) is 4.79 Å². The van der Waals surface area contributed by atoms with Crippen LogP contribution in [0.3, 0.4) is 0 Å². The smallest absolute Gasteiger partial charge is 0.254 e. The minimum absolute atomic E-state index is 0.0106. The molecule has 0 saturated heterocycles. The van der Waals surface area contributed by atoms with Gasteiger partial charge in [-0.2, -0.15) is 0 Å². The van der Waals surface area contributed by atoms with Crippen LogP contribution in [0.25, 0.3) is 0 Å². The molecule has 104 valence electrons. The Hall–Kier alpha value is -1.22. The maximum absolute atomic E-state index is 12.5. The molecule has 0 bridgehead atoms. The highest BCUT2D eigenvalue weighted by Gasteiger charge is 2.29. The molecule has 1 amide bonds. The van der Waals surface area contributed by atoms with Crippen LogP contribution < -0.4 is 4.74 Å². The third kappa shape index (κ3) is 3.21. The zero-order valence-corrected chi connectivity index (χ0v) is 12.2. The van der Waals surface area contributed by atoms with Crippen molar-refractivity contribution in [2.45, 2.75) is 37.1 Å². The molecule has 2 atom stereocenters. The van der Waals surface area contributed by atoms with E-state index >= 15 is 0 Å². The van der Waals surface area contributed by atoms with E-state index in [0.717, 1.165) is 25.7 Å². The van der Waals surface area contributed by atoms with E-state index in [4.69, 9.17) is 16.3 Å². The van der Waals surface area contributed by atoms with Crippen molar-refractivity contribution in [3.05, 3.63) is 29.8 Å². The number of nitrogens with zero attached hydrogens (tertiary/aromatic N) is 1. The molecule has 0 heterocycles. The molecule has 1 aromatic rings. The van der Waals surface area contributed by atoms with Gasteiger partial charge in [-0.15, -0.1) is 11.6 Å². The molecule has 0 spiro atoms. The number of ether oxygens (including phenoxy) is 1. The van der Waals surface area contributed by atoms with Crippen LogP contribution in [0.2, 0.25) is 0 Å². The summed E-state index contributed by atoms with van der Waals surface area (Å²) in [7, 11) is 3.44. The van der Waals surface area contributed by atoms with Gasteiger partial charge in [-0.25, -0.2) is 0 Å². The van der Waals surface area contributed by atoms with Crippen LogP contribution in [0.15, 0.2) is 24.3 Å². The molecule has 1 saturated carbocycles. The Balaban J connectivity index is 2.13. The third-order valence-electron chi connectivity index (χ3n) is 3.78. The number of amides is 1. The van der Waals surface area contributed by atoms with E-state index in [1.807, 2.05) is 25.2 Å². The minimum atomic E-state index is 0.0106. The molecule has 19 heavy (non-hydrogen) atoms. The topological polar surface area (TPSA) is 29.5 Å². The largest absolute Gasteiger partial charge is 0.497 e. The summed E-state index contributed by atoms with van der Waals surface area (Å²) >= 11 is 6.35. The van der Waals surface area contributed by atoms with Crippen molar-refractivity contribution in [3.8, 4) is 5.75 Å². The van der Waals surface area contributed by atoms with Gasteiger partial charge in [0.1, 0.15) is 5.75 Å². The molecule has 2 rings (SSSR count). The van der Waals surface area contributed by atoms with E-state index in [2.05, 4.69) is 0 Å². The molecule has 0 aliphatic heterocycles. The van der Waals surface area contributed by atoms with Crippen molar-refractivity contribution in [3.63, 3.8) is 0 Å². The predicted molar refractivity (Wildman–Crippen MR) is 77.0 cm³/mol. The summed E-state index contributed by atoms with van der Waals surface area (Å²) in [4.78, 5) is 14.3. The van der Waals surface area contributed by atoms with Crippen molar-refractivity contribution in [2.24, 2.45) is 0 Å². The van der Waals surface area contributed by atoms with E-state index in [0.29, 0.717) is 11.3 Å². The fourth-order valence-corrected chi connectivity index (χ4v) is 3.06. The SMILES string of the molecule is COc1cccc(C(=O)N(C)C2CCCCC2Cl)c1. The minimum Gasteiger partial charge on any atom is -0.497 e. The first kappa shape index (κ1) is 14.2. The van der Waals surface area contributed by atoms with Crippen LogP contribution in [-0.4, -0.2) is 36.4 Å². The molecular formula is C15H20ClNO2. The van der Waals surface area contributed by atoms with Crippen molar-refractivity contribution >= 4 is 17.5 Å². The zero-order valence-electron chi connectivity index (χ0n) is 11.4. The molecule has 1 fully saturated rings. The van der Waals surface area contributed by atoms with Gasteiger partial charge in [-0.1, -0.05) is 18.9 Å². The van der Waals surface area contributed by atoms with Crippen molar-refractivity contribution in [1.29, 1.82) is 0 Å². The molecule has 4 heteroatoms. The maximum Gasteiger partial charge on any atom is 0.254 e. The molecule has 3 nitrogen and oxygen atoms in total. The number of carbonyl (C=O) groups is 1. The number of benzene rings is 1. The second-order valence-electron chi connectivity index (χ2n) is 5.02. The van der Waals surface area contributed by atoms with Crippen LogP contribution in [0.1, 0.15) is 36.0 Å². The lowest BCUT2D eigenvalue weighted by Crippen LogP contribution is -2.44. The van der Waals surface area contributed by atoms with Crippen molar-refractivity contribution in [2.75, 3.05) is 14.2 Å². The second kappa shape index (κ2) is 6.29. The van der Waals surface area contributed by atoms with E-state index in [-0.39, 0.29) is 17.3 Å². The van der Waals surface area contributed by atoms with Gasteiger partial charge in [0.2, 0.25) is 0 Å². The summed E-state index contributed by atoms with van der Waals surface area (Å²) in [5, 5.41) is 0.0632. The summed E-state index contributed by atoms with van der Waals surface area (Å²) in [6, 6.07) is 7.38. The highest BCUT2D eigenvalue weighted by molar-refractivity contribution is 6.21. The summed E-state index contributed by atoms with van der Waals surface area (Å²) in [5.41, 5.74) is 0.649. The highest BCUT2D eigenvalue weighted by atomic mass is 35.5. The first-order valence-electron chi connectivity index (χ1n) is 6.68. The first-order chi connectivity index (χ1) is 9.13. The fraction of sp³-hybridized carbons (Fsp3) is 0.533. The Labute approximate surface area is 119 Å². The normalized spacial score (nSPS) is 22.9. The lowest BCUT2D eigenvalue weighted by Gasteiger charge is -2.35. The predicted octanol–water partition coefficient (Wildman–Crippen LogP) is 3.32. The standard InChI is InChI=1S/C15H20ClNO2/c1-17(14-9-4-3-8-13(14)16)15(18)11-6-5-7-12(10-11)19-2/h5-7,10,13-14H,3-4,8-9H2,1-2H3. The number of carbonyl (C=O) groups excluding carboxylic acids is 1. The second-order valence-corrected chi connectivity index (χ2v) is 5.58. The van der Waals surface area contributed by atoms with Crippen LogP contribution in [-0.2, 0) is 0 Å². The zero-order chi connectivity index (χ0) is 13.8. The molecular weight excluding hydrogens is 262 g/mol. The molecule has 1 aromatic carbocycles. The van der Waals surface area contributed by atoms with Gasteiger partial charge in [0, 0.05) is 18.7 Å². The number of hydrogen-bond acceptors (Lipinski definition) is 2. The van der Waals surface area contributed by atoms with Crippen molar-refractivity contribution in [1.82, 2.24) is 4.90 Å². The Morgan fingerprint density at radius 2 is 2.11 bits per heavy atom. The molecule has 0 N–H and O–H groups in total. The third-order valence-corrected chi connectivity index (χ3v) is 4.29. The number of hydrogen-bond donors (Lipinski definition) is 0. The maximum atomic E-state index is 12.5. The average Bonchev–Trinajstić information content (AvgIpc) is 2.46. The fourth-order valence-electron chi connectivity index (χ4n) is 2.61. The molecule has 0 radical (unpaired) electrons. The van der Waals surface area contributed by atoms with E-state index < -0.39 is 0 Å². The number of rotatable bonds is 3.